The molecular weight excluding hydrogens is 289 g/mol. The first-order valence-electron chi connectivity index (χ1n) is 6.56. The summed E-state index contributed by atoms with van der Waals surface area (Å²) in [5.74, 6) is -0.969. The molecule has 0 fully saturated rings. The van der Waals surface area contributed by atoms with Crippen molar-refractivity contribution in [2.24, 2.45) is 0 Å². The average molecular weight is 303 g/mol. The van der Waals surface area contributed by atoms with Crippen LogP contribution in [0.4, 0.5) is 10.1 Å². The van der Waals surface area contributed by atoms with E-state index in [2.05, 4.69) is 10.6 Å². The van der Waals surface area contributed by atoms with Crippen LogP contribution in [-0.2, 0) is 4.79 Å². The van der Waals surface area contributed by atoms with E-state index in [1.165, 1.54) is 12.2 Å². The number of carbonyl (C=O) groups excluding carboxylic acids is 1. The molecule has 0 saturated heterocycles. The van der Waals surface area contributed by atoms with E-state index in [1.54, 1.807) is 24.3 Å². The lowest BCUT2D eigenvalue weighted by molar-refractivity contribution is -0.426. The molecule has 114 valence electrons. The zero-order chi connectivity index (χ0) is 15.9. The third-order valence-electron chi connectivity index (χ3n) is 2.92. The van der Waals surface area contributed by atoms with Gasteiger partial charge in [-0.25, -0.2) is 4.39 Å². The highest BCUT2D eigenvalue weighted by Gasteiger charge is 2.15. The second-order valence-electron chi connectivity index (χ2n) is 4.52. The minimum Gasteiger partial charge on any atom is -0.374 e. The predicted octanol–water partition coefficient (Wildman–Crippen LogP) is 2.52. The summed E-state index contributed by atoms with van der Waals surface area (Å²) in [6.45, 7) is -0.149. The van der Waals surface area contributed by atoms with Gasteiger partial charge in [-0.15, -0.1) is 0 Å². The summed E-state index contributed by atoms with van der Waals surface area (Å²) in [5.41, 5.74) is 0.566. The second-order valence-corrected chi connectivity index (χ2v) is 4.52. The number of hydrogen-bond donors (Lipinski definition) is 2. The molecular formula is C15H14FN3O3. The fourth-order valence-electron chi connectivity index (χ4n) is 1.81. The van der Waals surface area contributed by atoms with E-state index in [-0.39, 0.29) is 30.3 Å². The Balaban J connectivity index is 1.95. The fourth-order valence-corrected chi connectivity index (χ4v) is 1.81. The molecule has 0 atom stereocenters. The predicted molar refractivity (Wildman–Crippen MR) is 80.0 cm³/mol. The van der Waals surface area contributed by atoms with E-state index >= 15 is 0 Å². The highest BCUT2D eigenvalue weighted by molar-refractivity contribution is 5.92. The van der Waals surface area contributed by atoms with Gasteiger partial charge in [0.05, 0.1) is 23.6 Å². The number of amides is 1. The Morgan fingerprint density at radius 2 is 2.00 bits per heavy atom. The maximum atomic E-state index is 13.8. The SMILES string of the molecule is O=C(CNC1=CC=C([N+](=O)[O-])CC=C1F)Nc1ccccc1. The van der Waals surface area contributed by atoms with Gasteiger partial charge in [-0.3, -0.25) is 14.9 Å². The molecule has 2 N–H and O–H groups in total. The maximum Gasteiger partial charge on any atom is 0.250 e. The molecule has 7 heteroatoms. The van der Waals surface area contributed by atoms with Gasteiger partial charge >= 0.3 is 0 Å². The van der Waals surface area contributed by atoms with Crippen molar-refractivity contribution in [2.75, 3.05) is 11.9 Å². The molecule has 1 amide bonds. The van der Waals surface area contributed by atoms with Crippen LogP contribution in [0, 0.1) is 10.1 Å². The Morgan fingerprint density at radius 3 is 2.68 bits per heavy atom. The zero-order valence-electron chi connectivity index (χ0n) is 11.6. The summed E-state index contributed by atoms with van der Waals surface area (Å²) in [6, 6.07) is 8.85. The Morgan fingerprint density at radius 1 is 1.27 bits per heavy atom. The molecule has 6 nitrogen and oxygen atoms in total. The zero-order valence-corrected chi connectivity index (χ0v) is 11.6. The van der Waals surface area contributed by atoms with Crippen LogP contribution in [0.15, 0.2) is 65.8 Å². The molecule has 22 heavy (non-hydrogen) atoms. The van der Waals surface area contributed by atoms with Crippen molar-refractivity contribution in [3.8, 4) is 0 Å². The van der Waals surface area contributed by atoms with E-state index < -0.39 is 10.8 Å². The average Bonchev–Trinajstić information content (AvgIpc) is 2.68. The second kappa shape index (κ2) is 7.16. The van der Waals surface area contributed by atoms with Gasteiger partial charge in [0.2, 0.25) is 11.6 Å². The van der Waals surface area contributed by atoms with E-state index in [0.29, 0.717) is 5.69 Å². The van der Waals surface area contributed by atoms with E-state index in [9.17, 15) is 19.3 Å². The van der Waals surface area contributed by atoms with Crippen LogP contribution in [0.2, 0.25) is 0 Å². The Labute approximate surface area is 126 Å². The van der Waals surface area contributed by atoms with Crippen LogP contribution < -0.4 is 10.6 Å². The first-order valence-corrected chi connectivity index (χ1v) is 6.56. The monoisotopic (exact) mass is 303 g/mol. The number of nitro groups is 1. The van der Waals surface area contributed by atoms with Crippen LogP contribution in [0.3, 0.4) is 0 Å². The van der Waals surface area contributed by atoms with Crippen molar-refractivity contribution in [1.82, 2.24) is 5.32 Å². The highest BCUT2D eigenvalue weighted by Crippen LogP contribution is 2.17. The topological polar surface area (TPSA) is 84.3 Å². The van der Waals surface area contributed by atoms with E-state index in [4.69, 9.17) is 0 Å². The van der Waals surface area contributed by atoms with Crippen LogP contribution >= 0.6 is 0 Å². The fraction of sp³-hybridized carbons (Fsp3) is 0.133. The largest absolute Gasteiger partial charge is 0.374 e. The standard InChI is InChI=1S/C15H14FN3O3/c16-13-8-6-12(19(21)22)7-9-14(13)17-10-15(20)18-11-4-2-1-3-5-11/h1-5,7-9,17H,6,10H2,(H,18,20). The Bertz CT molecular complexity index is 666. The summed E-state index contributed by atoms with van der Waals surface area (Å²) < 4.78 is 13.8. The number of nitrogens with zero attached hydrogens (tertiary/aromatic N) is 1. The molecule has 1 aliphatic rings. The third-order valence-corrected chi connectivity index (χ3v) is 2.92. The minimum absolute atomic E-state index is 0.0417. The summed E-state index contributed by atoms with van der Waals surface area (Å²) in [5, 5.41) is 15.9. The van der Waals surface area contributed by atoms with Crippen molar-refractivity contribution in [2.45, 2.75) is 6.42 Å². The molecule has 2 rings (SSSR count). The van der Waals surface area contributed by atoms with E-state index in [1.807, 2.05) is 6.07 Å². The lowest BCUT2D eigenvalue weighted by Gasteiger charge is -2.09. The van der Waals surface area contributed by atoms with Gasteiger partial charge in [-0.2, -0.15) is 0 Å². The summed E-state index contributed by atoms with van der Waals surface area (Å²) in [6.07, 6.45) is 3.49. The lowest BCUT2D eigenvalue weighted by atomic mass is 10.3. The summed E-state index contributed by atoms with van der Waals surface area (Å²) in [7, 11) is 0. The summed E-state index contributed by atoms with van der Waals surface area (Å²) in [4.78, 5) is 21.9. The number of para-hydroxylation sites is 1. The first-order chi connectivity index (χ1) is 10.6. The summed E-state index contributed by atoms with van der Waals surface area (Å²) >= 11 is 0. The van der Waals surface area contributed by atoms with E-state index in [0.717, 1.165) is 6.08 Å². The van der Waals surface area contributed by atoms with Crippen molar-refractivity contribution in [3.05, 3.63) is 75.9 Å². The number of halogens is 1. The van der Waals surface area contributed by atoms with Gasteiger partial charge in [0, 0.05) is 11.8 Å². The molecule has 1 aromatic rings. The number of benzene rings is 1. The molecule has 0 bridgehead atoms. The van der Waals surface area contributed by atoms with Gasteiger partial charge in [-0.05, 0) is 24.3 Å². The lowest BCUT2D eigenvalue weighted by Crippen LogP contribution is -2.27. The molecule has 0 radical (unpaired) electrons. The van der Waals surface area contributed by atoms with Crippen molar-refractivity contribution < 1.29 is 14.1 Å². The molecule has 0 heterocycles. The number of hydrogen-bond acceptors (Lipinski definition) is 4. The van der Waals surface area contributed by atoms with Gasteiger partial charge in [0.1, 0.15) is 5.83 Å². The first kappa shape index (κ1) is 15.4. The van der Waals surface area contributed by atoms with Crippen molar-refractivity contribution in [1.29, 1.82) is 0 Å². The molecule has 0 aromatic heterocycles. The van der Waals surface area contributed by atoms with Crippen LogP contribution in [0.25, 0.3) is 0 Å². The van der Waals surface area contributed by atoms with Crippen molar-refractivity contribution in [3.63, 3.8) is 0 Å². The molecule has 0 unspecified atom stereocenters. The minimum atomic E-state index is -0.624. The van der Waals surface area contributed by atoms with Crippen LogP contribution in [0.1, 0.15) is 6.42 Å². The van der Waals surface area contributed by atoms with Gasteiger partial charge in [-0.1, -0.05) is 18.2 Å². The van der Waals surface area contributed by atoms with Gasteiger partial charge in [0.25, 0.3) is 0 Å². The number of rotatable bonds is 5. The molecule has 1 aromatic carbocycles. The number of allylic oxidation sites excluding steroid dienone is 4. The molecule has 0 aliphatic heterocycles. The van der Waals surface area contributed by atoms with Gasteiger partial charge < -0.3 is 10.6 Å². The normalized spacial score (nSPS) is 14.1. The number of anilines is 1. The Hall–Kier alpha value is -2.96. The third kappa shape index (κ3) is 4.27. The highest BCUT2D eigenvalue weighted by atomic mass is 19.1. The number of carbonyl (C=O) groups is 1. The molecule has 0 saturated carbocycles. The smallest absolute Gasteiger partial charge is 0.250 e. The quantitative estimate of drug-likeness (QED) is 0.646. The van der Waals surface area contributed by atoms with Crippen LogP contribution in [0.5, 0.6) is 0 Å². The van der Waals surface area contributed by atoms with Crippen LogP contribution in [-0.4, -0.2) is 17.4 Å². The molecule has 0 spiro atoms. The maximum absolute atomic E-state index is 13.8. The van der Waals surface area contributed by atoms with Gasteiger partial charge in [0.15, 0.2) is 0 Å². The molecule has 1 aliphatic carbocycles. The van der Waals surface area contributed by atoms with Crippen molar-refractivity contribution >= 4 is 11.6 Å². The number of nitrogens with one attached hydrogen (secondary N) is 2. The Kier molecular flexibility index (Phi) is 5.02.